The third-order valence-corrected chi connectivity index (χ3v) is 3.99. The van der Waals surface area contributed by atoms with E-state index in [-0.39, 0.29) is 0 Å². The van der Waals surface area contributed by atoms with Gasteiger partial charge < -0.3 is 4.57 Å². The molecule has 2 aromatic heterocycles. The zero-order chi connectivity index (χ0) is 14.9. The molecule has 0 saturated carbocycles. The van der Waals surface area contributed by atoms with Crippen LogP contribution >= 0.6 is 0 Å². The molecule has 0 aliphatic heterocycles. The lowest BCUT2D eigenvalue weighted by atomic mass is 10.1. The molecule has 2 heteroatoms. The Kier molecular flexibility index (Phi) is 3.01. The minimum absolute atomic E-state index is 1.03. The highest BCUT2D eigenvalue weighted by Gasteiger charge is 2.09. The molecule has 2 aromatic carbocycles. The van der Waals surface area contributed by atoms with Gasteiger partial charge in [-0.25, -0.2) is 0 Å². The van der Waals surface area contributed by atoms with Crippen molar-refractivity contribution in [3.63, 3.8) is 0 Å². The van der Waals surface area contributed by atoms with Crippen molar-refractivity contribution < 1.29 is 0 Å². The van der Waals surface area contributed by atoms with Crippen LogP contribution in [0.5, 0.6) is 0 Å². The monoisotopic (exact) mass is 284 g/mol. The quantitative estimate of drug-likeness (QED) is 0.506. The van der Waals surface area contributed by atoms with Gasteiger partial charge in [0.25, 0.3) is 0 Å². The smallest absolute Gasteiger partial charge is 0.0703 e. The van der Waals surface area contributed by atoms with E-state index in [9.17, 15) is 0 Å². The van der Waals surface area contributed by atoms with E-state index >= 15 is 0 Å². The Bertz CT molecular complexity index is 936. The fourth-order valence-corrected chi connectivity index (χ4v) is 2.92. The van der Waals surface area contributed by atoms with Crippen LogP contribution in [-0.4, -0.2) is 9.55 Å². The second-order valence-corrected chi connectivity index (χ2v) is 5.44. The Labute approximate surface area is 129 Å². The maximum Gasteiger partial charge on any atom is 0.0703 e. The lowest BCUT2D eigenvalue weighted by molar-refractivity contribution is 1.03. The van der Waals surface area contributed by atoms with Crippen molar-refractivity contribution in [2.24, 2.45) is 0 Å². The van der Waals surface area contributed by atoms with Crippen LogP contribution in [0, 0.1) is 6.92 Å². The minimum Gasteiger partial charge on any atom is -0.314 e. The second kappa shape index (κ2) is 5.15. The maximum absolute atomic E-state index is 4.40. The first-order valence-corrected chi connectivity index (χ1v) is 7.42. The average molecular weight is 284 g/mol. The normalized spacial score (nSPS) is 11.0. The van der Waals surface area contributed by atoms with Crippen molar-refractivity contribution in [1.29, 1.82) is 0 Å². The van der Waals surface area contributed by atoms with Crippen LogP contribution in [0.3, 0.4) is 0 Å². The summed E-state index contributed by atoms with van der Waals surface area (Å²) in [5.41, 5.74) is 5.85. The summed E-state index contributed by atoms with van der Waals surface area (Å²) in [7, 11) is 0. The Morgan fingerprint density at radius 2 is 1.68 bits per heavy atom. The largest absolute Gasteiger partial charge is 0.314 e. The minimum atomic E-state index is 1.03. The number of rotatable bonds is 2. The molecule has 0 fully saturated rings. The Hall–Kier alpha value is -2.87. The summed E-state index contributed by atoms with van der Waals surface area (Å²) in [6, 6.07) is 25.3. The van der Waals surface area contributed by atoms with Gasteiger partial charge in [0.1, 0.15) is 0 Å². The van der Waals surface area contributed by atoms with Crippen molar-refractivity contribution in [3.05, 3.63) is 84.7 Å². The molecule has 0 spiro atoms. The average Bonchev–Trinajstić information content (AvgIpc) is 2.97. The zero-order valence-electron chi connectivity index (χ0n) is 12.4. The molecule has 0 aliphatic carbocycles. The van der Waals surface area contributed by atoms with Gasteiger partial charge in [0.05, 0.1) is 11.2 Å². The van der Waals surface area contributed by atoms with Gasteiger partial charge in [-0.3, -0.25) is 4.98 Å². The van der Waals surface area contributed by atoms with Crippen molar-refractivity contribution in [2.75, 3.05) is 0 Å². The molecule has 22 heavy (non-hydrogen) atoms. The first kappa shape index (κ1) is 12.8. The molecule has 0 unspecified atom stereocenters. The molecule has 0 bridgehead atoms. The van der Waals surface area contributed by atoms with E-state index in [4.69, 9.17) is 0 Å². The number of aryl methyl sites for hydroxylation is 1. The van der Waals surface area contributed by atoms with Gasteiger partial charge in [-0.2, -0.15) is 0 Å². The van der Waals surface area contributed by atoms with Gasteiger partial charge in [0.15, 0.2) is 0 Å². The van der Waals surface area contributed by atoms with Crippen LogP contribution in [0.25, 0.3) is 27.8 Å². The number of aromatic nitrogens is 2. The summed E-state index contributed by atoms with van der Waals surface area (Å²) in [6.07, 6.45) is 1.83. The number of pyridine rings is 1. The molecule has 0 N–H and O–H groups in total. The third-order valence-electron chi connectivity index (χ3n) is 3.99. The second-order valence-electron chi connectivity index (χ2n) is 5.44. The number of nitrogens with zero attached hydrogens (tertiary/aromatic N) is 2. The molecule has 0 amide bonds. The molecule has 2 heterocycles. The summed E-state index contributed by atoms with van der Waals surface area (Å²) in [6.45, 7) is 2.14. The van der Waals surface area contributed by atoms with Crippen molar-refractivity contribution >= 4 is 10.9 Å². The Morgan fingerprint density at radius 3 is 2.55 bits per heavy atom. The Balaban J connectivity index is 1.93. The predicted octanol–water partition coefficient (Wildman–Crippen LogP) is 5.00. The van der Waals surface area contributed by atoms with Crippen LogP contribution in [0.1, 0.15) is 5.69 Å². The van der Waals surface area contributed by atoms with Crippen molar-refractivity contribution in [1.82, 2.24) is 9.55 Å². The van der Waals surface area contributed by atoms with Gasteiger partial charge in [0.2, 0.25) is 0 Å². The van der Waals surface area contributed by atoms with Crippen LogP contribution in [0.15, 0.2) is 79.0 Å². The van der Waals surface area contributed by atoms with Crippen LogP contribution in [-0.2, 0) is 0 Å². The molecule has 106 valence electrons. The summed E-state index contributed by atoms with van der Waals surface area (Å²) in [5.74, 6) is 0. The highest BCUT2D eigenvalue weighted by Crippen LogP contribution is 2.27. The van der Waals surface area contributed by atoms with E-state index in [1.165, 1.54) is 22.6 Å². The maximum atomic E-state index is 4.40. The fraction of sp³-hybridized carbons (Fsp3) is 0.0500. The molecular weight excluding hydrogens is 268 g/mol. The first-order chi connectivity index (χ1) is 10.8. The van der Waals surface area contributed by atoms with Crippen molar-refractivity contribution in [2.45, 2.75) is 6.92 Å². The molecule has 0 radical (unpaired) electrons. The van der Waals surface area contributed by atoms with E-state index in [1.54, 1.807) is 0 Å². The van der Waals surface area contributed by atoms with Crippen LogP contribution < -0.4 is 0 Å². The predicted molar refractivity (Wildman–Crippen MR) is 91.2 cm³/mol. The number of hydrogen-bond donors (Lipinski definition) is 0. The summed E-state index contributed by atoms with van der Waals surface area (Å²) in [4.78, 5) is 4.40. The van der Waals surface area contributed by atoms with Crippen molar-refractivity contribution in [3.8, 4) is 16.9 Å². The lowest BCUT2D eigenvalue weighted by Gasteiger charge is -2.13. The molecular formula is C20H16N2. The third kappa shape index (κ3) is 2.09. The van der Waals surface area contributed by atoms with E-state index < -0.39 is 0 Å². The molecule has 2 nitrogen and oxygen atoms in total. The SMILES string of the molecule is Cc1ccc(-c2ccccc2)n1-c1ccc2ncccc2c1. The number of fused-ring (bicyclic) bond motifs is 1. The zero-order valence-corrected chi connectivity index (χ0v) is 12.4. The van der Waals surface area contributed by atoms with Gasteiger partial charge in [-0.05, 0) is 48.9 Å². The van der Waals surface area contributed by atoms with Crippen LogP contribution in [0.2, 0.25) is 0 Å². The number of benzene rings is 2. The molecule has 0 atom stereocenters. The van der Waals surface area contributed by atoms with E-state index in [1.807, 2.05) is 18.3 Å². The molecule has 0 saturated heterocycles. The number of hydrogen-bond acceptors (Lipinski definition) is 1. The molecule has 0 aliphatic rings. The van der Waals surface area contributed by atoms with Gasteiger partial charge in [0, 0.05) is 23.0 Å². The summed E-state index contributed by atoms with van der Waals surface area (Å²) >= 11 is 0. The van der Waals surface area contributed by atoms with Gasteiger partial charge >= 0.3 is 0 Å². The van der Waals surface area contributed by atoms with Gasteiger partial charge in [-0.15, -0.1) is 0 Å². The lowest BCUT2D eigenvalue weighted by Crippen LogP contribution is -1.99. The molecule has 4 aromatic rings. The Morgan fingerprint density at radius 1 is 0.818 bits per heavy atom. The summed E-state index contributed by atoms with van der Waals surface area (Å²) < 4.78 is 2.29. The summed E-state index contributed by atoms with van der Waals surface area (Å²) in [5, 5.41) is 1.16. The fourth-order valence-electron chi connectivity index (χ4n) is 2.92. The van der Waals surface area contributed by atoms with E-state index in [0.29, 0.717) is 0 Å². The van der Waals surface area contributed by atoms with Crippen LogP contribution in [0.4, 0.5) is 0 Å². The topological polar surface area (TPSA) is 17.8 Å². The standard InChI is InChI=1S/C20H16N2/c1-15-9-12-20(16-6-3-2-4-7-16)22(15)18-10-11-19-17(14-18)8-5-13-21-19/h2-14H,1H3. The highest BCUT2D eigenvalue weighted by atomic mass is 15.0. The van der Waals surface area contributed by atoms with Gasteiger partial charge in [-0.1, -0.05) is 36.4 Å². The van der Waals surface area contributed by atoms with E-state index in [0.717, 1.165) is 10.9 Å². The molecule has 4 rings (SSSR count). The first-order valence-electron chi connectivity index (χ1n) is 7.42. The highest BCUT2D eigenvalue weighted by molar-refractivity contribution is 5.81. The van der Waals surface area contributed by atoms with E-state index in [2.05, 4.69) is 77.1 Å².